The van der Waals surface area contributed by atoms with E-state index in [4.69, 9.17) is 16.3 Å². The summed E-state index contributed by atoms with van der Waals surface area (Å²) in [5.74, 6) is 2.21. The second-order valence-corrected chi connectivity index (χ2v) is 5.05. The van der Waals surface area contributed by atoms with Crippen LogP contribution in [0, 0.1) is 5.92 Å². The first-order valence-corrected chi connectivity index (χ1v) is 7.01. The quantitative estimate of drug-likeness (QED) is 0.805. The van der Waals surface area contributed by atoms with Crippen LogP contribution in [-0.2, 0) is 11.3 Å². The first kappa shape index (κ1) is 13.6. The highest BCUT2D eigenvalue weighted by Crippen LogP contribution is 2.25. The first-order chi connectivity index (χ1) is 8.78. The van der Waals surface area contributed by atoms with Gasteiger partial charge in [0.15, 0.2) is 5.82 Å². The lowest BCUT2D eigenvalue weighted by molar-refractivity contribution is 0.128. The van der Waals surface area contributed by atoms with Gasteiger partial charge in [0.1, 0.15) is 17.6 Å². The Kier molecular flexibility index (Phi) is 5.20. The number of hydrogen-bond acceptors (Lipinski definition) is 4. The number of nitrogens with zero attached hydrogens (tertiary/aromatic N) is 2. The van der Waals surface area contributed by atoms with Crippen molar-refractivity contribution in [2.24, 2.45) is 5.92 Å². The Hall–Kier alpha value is -0.870. The van der Waals surface area contributed by atoms with Crippen LogP contribution in [0.5, 0.6) is 0 Å². The molecule has 1 saturated carbocycles. The second-order valence-electron chi connectivity index (χ2n) is 4.66. The average Bonchev–Trinajstić information content (AvgIpc) is 2.86. The van der Waals surface area contributed by atoms with E-state index in [0.29, 0.717) is 24.2 Å². The maximum Gasteiger partial charge on any atom is 0.158 e. The Morgan fingerprint density at radius 2 is 2.17 bits per heavy atom. The summed E-state index contributed by atoms with van der Waals surface area (Å²) in [6.07, 6.45) is 5.34. The summed E-state index contributed by atoms with van der Waals surface area (Å²) in [4.78, 5) is 8.54. The molecule has 100 valence electrons. The second kappa shape index (κ2) is 6.90. The molecule has 1 fully saturated rings. The zero-order valence-corrected chi connectivity index (χ0v) is 11.5. The predicted molar refractivity (Wildman–Crippen MR) is 72.8 cm³/mol. The van der Waals surface area contributed by atoms with E-state index in [2.05, 4.69) is 15.3 Å². The monoisotopic (exact) mass is 269 g/mol. The van der Waals surface area contributed by atoms with Gasteiger partial charge in [-0.3, -0.25) is 0 Å². The molecule has 0 saturated heterocycles. The van der Waals surface area contributed by atoms with Crippen molar-refractivity contribution in [3.8, 4) is 0 Å². The van der Waals surface area contributed by atoms with E-state index in [1.54, 1.807) is 6.07 Å². The molecule has 0 amide bonds. The lowest BCUT2D eigenvalue weighted by Crippen LogP contribution is -2.13. The van der Waals surface area contributed by atoms with Crippen LogP contribution < -0.4 is 5.32 Å². The molecule has 1 aromatic rings. The molecular weight excluding hydrogens is 250 g/mol. The standard InChI is InChI=1S/C13H20ClN3O/c1-2-18-9-13-16-11(14)7-12(17-13)15-8-10-5-3-4-6-10/h7,10H,2-6,8-9H2,1H3,(H,15,16,17). The fourth-order valence-corrected chi connectivity index (χ4v) is 2.48. The molecular formula is C13H20ClN3O. The molecule has 1 aliphatic rings. The molecule has 4 nitrogen and oxygen atoms in total. The number of rotatable bonds is 6. The van der Waals surface area contributed by atoms with E-state index in [0.717, 1.165) is 18.3 Å². The van der Waals surface area contributed by atoms with Crippen LogP contribution in [0.1, 0.15) is 38.4 Å². The number of halogens is 1. The molecule has 1 N–H and O–H groups in total. The molecule has 1 heterocycles. The van der Waals surface area contributed by atoms with Gasteiger partial charge in [-0.25, -0.2) is 9.97 Å². The van der Waals surface area contributed by atoms with Gasteiger partial charge in [0.2, 0.25) is 0 Å². The van der Waals surface area contributed by atoms with E-state index in [-0.39, 0.29) is 0 Å². The van der Waals surface area contributed by atoms with E-state index >= 15 is 0 Å². The Bertz CT molecular complexity index is 380. The van der Waals surface area contributed by atoms with Gasteiger partial charge < -0.3 is 10.1 Å². The summed E-state index contributed by atoms with van der Waals surface area (Å²) >= 11 is 5.98. The zero-order chi connectivity index (χ0) is 12.8. The van der Waals surface area contributed by atoms with E-state index < -0.39 is 0 Å². The van der Waals surface area contributed by atoms with Crippen LogP contribution in [-0.4, -0.2) is 23.1 Å². The molecule has 1 aliphatic carbocycles. The Balaban J connectivity index is 1.91. The van der Waals surface area contributed by atoms with Crippen molar-refractivity contribution < 1.29 is 4.74 Å². The highest BCUT2D eigenvalue weighted by molar-refractivity contribution is 6.29. The van der Waals surface area contributed by atoms with Gasteiger partial charge in [-0.1, -0.05) is 24.4 Å². The fraction of sp³-hybridized carbons (Fsp3) is 0.692. The molecule has 1 aromatic heterocycles. The highest BCUT2D eigenvalue weighted by Gasteiger charge is 2.14. The molecule has 0 aromatic carbocycles. The lowest BCUT2D eigenvalue weighted by Gasteiger charge is -2.12. The molecule has 0 unspecified atom stereocenters. The van der Waals surface area contributed by atoms with Crippen LogP contribution in [0.4, 0.5) is 5.82 Å². The zero-order valence-electron chi connectivity index (χ0n) is 10.8. The number of nitrogens with one attached hydrogen (secondary N) is 1. The third kappa shape index (κ3) is 4.10. The van der Waals surface area contributed by atoms with Gasteiger partial charge in [0.25, 0.3) is 0 Å². The Morgan fingerprint density at radius 1 is 1.39 bits per heavy atom. The molecule has 5 heteroatoms. The van der Waals surface area contributed by atoms with Crippen LogP contribution in [0.2, 0.25) is 5.15 Å². The van der Waals surface area contributed by atoms with Gasteiger partial charge >= 0.3 is 0 Å². The topological polar surface area (TPSA) is 47.0 Å². The fourth-order valence-electron chi connectivity index (χ4n) is 2.28. The summed E-state index contributed by atoms with van der Waals surface area (Å²) in [5.41, 5.74) is 0. The average molecular weight is 270 g/mol. The third-order valence-corrected chi connectivity index (χ3v) is 3.42. The van der Waals surface area contributed by atoms with E-state index in [1.807, 2.05) is 6.92 Å². The van der Waals surface area contributed by atoms with Crippen LogP contribution >= 0.6 is 11.6 Å². The van der Waals surface area contributed by atoms with Crippen molar-refractivity contribution in [1.82, 2.24) is 9.97 Å². The summed E-state index contributed by atoms with van der Waals surface area (Å²) < 4.78 is 5.30. The largest absolute Gasteiger partial charge is 0.374 e. The molecule has 0 atom stereocenters. The van der Waals surface area contributed by atoms with Crippen molar-refractivity contribution in [1.29, 1.82) is 0 Å². The highest BCUT2D eigenvalue weighted by atomic mass is 35.5. The van der Waals surface area contributed by atoms with Crippen molar-refractivity contribution in [3.05, 3.63) is 17.0 Å². The normalized spacial score (nSPS) is 16.1. The summed E-state index contributed by atoms with van der Waals surface area (Å²) in [6.45, 7) is 3.99. The molecule has 0 spiro atoms. The number of aromatic nitrogens is 2. The van der Waals surface area contributed by atoms with Gasteiger partial charge in [0, 0.05) is 19.2 Å². The maximum atomic E-state index is 5.98. The van der Waals surface area contributed by atoms with E-state index in [9.17, 15) is 0 Å². The number of anilines is 1. The minimum atomic E-state index is 0.412. The third-order valence-electron chi connectivity index (χ3n) is 3.22. The molecule has 0 aliphatic heterocycles. The summed E-state index contributed by atoms with van der Waals surface area (Å²) in [5, 5.41) is 3.82. The van der Waals surface area contributed by atoms with E-state index in [1.165, 1.54) is 25.7 Å². The number of ether oxygens (including phenoxy) is 1. The first-order valence-electron chi connectivity index (χ1n) is 6.63. The van der Waals surface area contributed by atoms with Crippen molar-refractivity contribution in [3.63, 3.8) is 0 Å². The minimum absolute atomic E-state index is 0.412. The van der Waals surface area contributed by atoms with Gasteiger partial charge in [-0.05, 0) is 25.7 Å². The smallest absolute Gasteiger partial charge is 0.158 e. The lowest BCUT2D eigenvalue weighted by atomic mass is 10.1. The van der Waals surface area contributed by atoms with Crippen molar-refractivity contribution in [2.75, 3.05) is 18.5 Å². The SMILES string of the molecule is CCOCc1nc(Cl)cc(NCC2CCCC2)n1. The van der Waals surface area contributed by atoms with Gasteiger partial charge in [-0.2, -0.15) is 0 Å². The predicted octanol–water partition coefficient (Wildman–Crippen LogP) is 3.27. The van der Waals surface area contributed by atoms with Crippen LogP contribution in [0.25, 0.3) is 0 Å². The van der Waals surface area contributed by atoms with Crippen LogP contribution in [0.3, 0.4) is 0 Å². The summed E-state index contributed by atoms with van der Waals surface area (Å²) in [6, 6.07) is 1.77. The molecule has 18 heavy (non-hydrogen) atoms. The summed E-state index contributed by atoms with van der Waals surface area (Å²) in [7, 11) is 0. The Morgan fingerprint density at radius 3 is 2.89 bits per heavy atom. The minimum Gasteiger partial charge on any atom is -0.374 e. The molecule has 2 rings (SSSR count). The maximum absolute atomic E-state index is 5.98. The molecule has 0 radical (unpaired) electrons. The van der Waals surface area contributed by atoms with Crippen molar-refractivity contribution in [2.45, 2.75) is 39.2 Å². The van der Waals surface area contributed by atoms with Crippen LogP contribution in [0.15, 0.2) is 6.07 Å². The van der Waals surface area contributed by atoms with Gasteiger partial charge in [-0.15, -0.1) is 0 Å². The Labute approximate surface area is 113 Å². The van der Waals surface area contributed by atoms with Gasteiger partial charge in [0.05, 0.1) is 0 Å². The molecule has 0 bridgehead atoms. The van der Waals surface area contributed by atoms with Crippen molar-refractivity contribution >= 4 is 17.4 Å². The number of hydrogen-bond donors (Lipinski definition) is 1.